The Labute approximate surface area is 83.0 Å². The van der Waals surface area contributed by atoms with Crippen molar-refractivity contribution in [1.29, 1.82) is 5.26 Å². The van der Waals surface area contributed by atoms with E-state index in [4.69, 9.17) is 11.0 Å². The van der Waals surface area contributed by atoms with Crippen molar-refractivity contribution in [3.05, 3.63) is 17.8 Å². The van der Waals surface area contributed by atoms with Crippen LogP contribution in [0, 0.1) is 11.3 Å². The third kappa shape index (κ3) is 1.49. The molecule has 1 fully saturated rings. The SMILES string of the molecule is N#Cc1nc(N2CCCC2)ccc1N. The predicted molar refractivity (Wildman–Crippen MR) is 54.8 cm³/mol. The molecule has 2 rings (SSSR count). The smallest absolute Gasteiger partial charge is 0.165 e. The third-order valence-electron chi connectivity index (χ3n) is 2.45. The highest BCUT2D eigenvalue weighted by molar-refractivity contribution is 5.55. The first-order valence-corrected chi connectivity index (χ1v) is 4.73. The Morgan fingerprint density at radius 1 is 1.36 bits per heavy atom. The van der Waals surface area contributed by atoms with Gasteiger partial charge in [0, 0.05) is 13.1 Å². The van der Waals surface area contributed by atoms with Crippen LogP contribution in [0.25, 0.3) is 0 Å². The van der Waals surface area contributed by atoms with Crippen LogP contribution in [0.4, 0.5) is 11.5 Å². The van der Waals surface area contributed by atoms with E-state index in [1.165, 1.54) is 12.8 Å². The lowest BCUT2D eigenvalue weighted by atomic mass is 10.3. The van der Waals surface area contributed by atoms with Gasteiger partial charge < -0.3 is 10.6 Å². The summed E-state index contributed by atoms with van der Waals surface area (Å²) in [6, 6.07) is 5.62. The average molecular weight is 188 g/mol. The Morgan fingerprint density at radius 3 is 2.71 bits per heavy atom. The molecule has 1 aromatic heterocycles. The van der Waals surface area contributed by atoms with E-state index in [1.54, 1.807) is 6.07 Å². The normalized spacial score (nSPS) is 15.5. The Hall–Kier alpha value is -1.76. The summed E-state index contributed by atoms with van der Waals surface area (Å²) in [6.45, 7) is 2.06. The minimum atomic E-state index is 0.328. The number of rotatable bonds is 1. The van der Waals surface area contributed by atoms with Crippen molar-refractivity contribution in [3.8, 4) is 6.07 Å². The molecule has 2 heterocycles. The molecule has 0 amide bonds. The minimum absolute atomic E-state index is 0.328. The number of nitriles is 1. The highest BCUT2D eigenvalue weighted by Gasteiger charge is 2.14. The van der Waals surface area contributed by atoms with E-state index in [2.05, 4.69) is 9.88 Å². The quantitative estimate of drug-likeness (QED) is 0.717. The molecule has 1 aliphatic rings. The number of pyridine rings is 1. The molecule has 0 bridgehead atoms. The number of nitrogen functional groups attached to an aromatic ring is 1. The summed E-state index contributed by atoms with van der Waals surface area (Å²) in [4.78, 5) is 6.39. The van der Waals surface area contributed by atoms with Crippen molar-refractivity contribution in [2.24, 2.45) is 0 Å². The van der Waals surface area contributed by atoms with E-state index < -0.39 is 0 Å². The van der Waals surface area contributed by atoms with Crippen molar-refractivity contribution in [3.63, 3.8) is 0 Å². The van der Waals surface area contributed by atoms with Crippen LogP contribution in [0.2, 0.25) is 0 Å². The van der Waals surface area contributed by atoms with E-state index in [0.717, 1.165) is 18.9 Å². The highest BCUT2D eigenvalue weighted by Crippen LogP contribution is 2.20. The first-order chi connectivity index (χ1) is 6.81. The predicted octanol–water partition coefficient (Wildman–Crippen LogP) is 1.14. The summed E-state index contributed by atoms with van der Waals surface area (Å²) in [7, 11) is 0. The van der Waals surface area contributed by atoms with Crippen molar-refractivity contribution in [2.75, 3.05) is 23.7 Å². The number of anilines is 2. The van der Waals surface area contributed by atoms with Crippen LogP contribution in [0.15, 0.2) is 12.1 Å². The van der Waals surface area contributed by atoms with E-state index in [0.29, 0.717) is 11.4 Å². The zero-order chi connectivity index (χ0) is 9.97. The second kappa shape index (κ2) is 3.54. The van der Waals surface area contributed by atoms with Crippen LogP contribution in [0.5, 0.6) is 0 Å². The molecule has 2 N–H and O–H groups in total. The monoisotopic (exact) mass is 188 g/mol. The lowest BCUT2D eigenvalue weighted by Gasteiger charge is -2.16. The van der Waals surface area contributed by atoms with E-state index in [-0.39, 0.29) is 0 Å². The van der Waals surface area contributed by atoms with E-state index in [9.17, 15) is 0 Å². The molecular formula is C10H12N4. The molecule has 4 heteroatoms. The Morgan fingerprint density at radius 2 is 2.07 bits per heavy atom. The summed E-state index contributed by atoms with van der Waals surface area (Å²) in [5.74, 6) is 0.869. The summed E-state index contributed by atoms with van der Waals surface area (Å²) < 4.78 is 0. The van der Waals surface area contributed by atoms with Crippen molar-refractivity contribution >= 4 is 11.5 Å². The topological polar surface area (TPSA) is 65.9 Å². The first-order valence-electron chi connectivity index (χ1n) is 4.73. The van der Waals surface area contributed by atoms with Gasteiger partial charge in [-0.05, 0) is 25.0 Å². The highest BCUT2D eigenvalue weighted by atomic mass is 15.2. The van der Waals surface area contributed by atoms with E-state index >= 15 is 0 Å². The summed E-state index contributed by atoms with van der Waals surface area (Å²) in [5, 5.41) is 8.77. The van der Waals surface area contributed by atoms with Crippen LogP contribution in [0.1, 0.15) is 18.5 Å². The minimum Gasteiger partial charge on any atom is -0.396 e. The van der Waals surface area contributed by atoms with Crippen molar-refractivity contribution in [1.82, 2.24) is 4.98 Å². The maximum Gasteiger partial charge on any atom is 0.165 e. The van der Waals surface area contributed by atoms with Gasteiger partial charge in [-0.15, -0.1) is 0 Å². The molecule has 1 saturated heterocycles. The van der Waals surface area contributed by atoms with Gasteiger partial charge >= 0.3 is 0 Å². The molecule has 4 nitrogen and oxygen atoms in total. The number of nitrogens with zero attached hydrogens (tertiary/aromatic N) is 3. The van der Waals surface area contributed by atoms with Crippen molar-refractivity contribution < 1.29 is 0 Å². The van der Waals surface area contributed by atoms with Gasteiger partial charge in [-0.3, -0.25) is 0 Å². The zero-order valence-electron chi connectivity index (χ0n) is 7.90. The van der Waals surface area contributed by atoms with Gasteiger partial charge in [0.05, 0.1) is 5.69 Å². The van der Waals surface area contributed by atoms with E-state index in [1.807, 2.05) is 12.1 Å². The molecule has 1 aromatic rings. The summed E-state index contributed by atoms with van der Waals surface area (Å²) >= 11 is 0. The Bertz CT molecular complexity index is 374. The lowest BCUT2D eigenvalue weighted by Crippen LogP contribution is -2.19. The van der Waals surface area contributed by atoms with Crippen LogP contribution in [0.3, 0.4) is 0 Å². The van der Waals surface area contributed by atoms with Gasteiger partial charge in [-0.2, -0.15) is 5.26 Å². The van der Waals surface area contributed by atoms with Gasteiger partial charge in [0.1, 0.15) is 11.9 Å². The molecule has 0 unspecified atom stereocenters. The average Bonchev–Trinajstić information content (AvgIpc) is 2.71. The summed E-state index contributed by atoms with van der Waals surface area (Å²) in [5.41, 5.74) is 6.38. The summed E-state index contributed by atoms with van der Waals surface area (Å²) in [6.07, 6.45) is 2.40. The first kappa shape index (κ1) is 8.82. The van der Waals surface area contributed by atoms with Gasteiger partial charge in [-0.1, -0.05) is 0 Å². The van der Waals surface area contributed by atoms with Gasteiger partial charge in [0.25, 0.3) is 0 Å². The number of hydrogen-bond acceptors (Lipinski definition) is 4. The van der Waals surface area contributed by atoms with Crippen LogP contribution < -0.4 is 10.6 Å². The fourth-order valence-electron chi connectivity index (χ4n) is 1.67. The Kier molecular flexibility index (Phi) is 2.23. The molecular weight excluding hydrogens is 176 g/mol. The molecule has 0 saturated carbocycles. The number of aromatic nitrogens is 1. The molecule has 0 spiro atoms. The van der Waals surface area contributed by atoms with Gasteiger partial charge in [0.2, 0.25) is 0 Å². The second-order valence-corrected chi connectivity index (χ2v) is 3.41. The zero-order valence-corrected chi connectivity index (χ0v) is 7.90. The maximum atomic E-state index is 8.77. The Balaban J connectivity index is 2.31. The van der Waals surface area contributed by atoms with Crippen molar-refractivity contribution in [2.45, 2.75) is 12.8 Å². The molecule has 1 aliphatic heterocycles. The number of nitrogens with two attached hydrogens (primary N) is 1. The second-order valence-electron chi connectivity index (χ2n) is 3.41. The van der Waals surface area contributed by atoms with Crippen LogP contribution in [-0.4, -0.2) is 18.1 Å². The fourth-order valence-corrected chi connectivity index (χ4v) is 1.67. The fraction of sp³-hybridized carbons (Fsp3) is 0.400. The van der Waals surface area contributed by atoms with Gasteiger partial charge in [-0.25, -0.2) is 4.98 Å². The lowest BCUT2D eigenvalue weighted by molar-refractivity contribution is 0.935. The maximum absolute atomic E-state index is 8.77. The van der Waals surface area contributed by atoms with Crippen LogP contribution >= 0.6 is 0 Å². The largest absolute Gasteiger partial charge is 0.396 e. The standard InChI is InChI=1S/C10H12N4/c11-7-9-8(12)3-4-10(13-9)14-5-1-2-6-14/h3-4H,1-2,5-6,12H2. The third-order valence-corrected chi connectivity index (χ3v) is 2.45. The molecule has 14 heavy (non-hydrogen) atoms. The van der Waals surface area contributed by atoms with Gasteiger partial charge in [0.15, 0.2) is 5.69 Å². The molecule has 0 radical (unpaired) electrons. The molecule has 0 atom stereocenters. The molecule has 72 valence electrons. The number of hydrogen-bond donors (Lipinski definition) is 1. The van der Waals surface area contributed by atoms with Crippen LogP contribution in [-0.2, 0) is 0 Å². The molecule has 0 aromatic carbocycles. The molecule has 0 aliphatic carbocycles.